The zero-order valence-electron chi connectivity index (χ0n) is 11.3. The molecule has 0 aliphatic carbocycles. The second kappa shape index (κ2) is 7.07. The summed E-state index contributed by atoms with van der Waals surface area (Å²) in [6.07, 6.45) is 5.42. The molecule has 0 spiro atoms. The van der Waals surface area contributed by atoms with Crippen LogP contribution in [0.2, 0.25) is 0 Å². The van der Waals surface area contributed by atoms with Crippen molar-refractivity contribution in [1.82, 2.24) is 5.32 Å². The van der Waals surface area contributed by atoms with Crippen LogP contribution in [0.25, 0.3) is 0 Å². The van der Waals surface area contributed by atoms with E-state index in [0.29, 0.717) is 0 Å². The molecule has 0 aromatic rings. The molecule has 19 heavy (non-hydrogen) atoms. The molecule has 0 saturated heterocycles. The maximum atomic E-state index is 13.9. The Morgan fingerprint density at radius 3 is 2.74 bits per heavy atom. The van der Waals surface area contributed by atoms with Crippen molar-refractivity contribution in [2.24, 2.45) is 0 Å². The lowest BCUT2D eigenvalue weighted by atomic mass is 10.1. The van der Waals surface area contributed by atoms with E-state index in [9.17, 15) is 19.1 Å². The minimum Gasteiger partial charge on any atom is -0.509 e. The Balaban J connectivity index is 2.61. The standard InChI is InChI=1S/C14H20FNO3/c1-3-4-5-6-7-8-10(15)12-13(18)11(9(2)17)14(19)16-12/h7-8,10,12,18H,3-6H2,1-2H3,(H,16,19). The average Bonchev–Trinajstić information content (AvgIpc) is 2.64. The van der Waals surface area contributed by atoms with Crippen LogP contribution in [0.1, 0.15) is 39.5 Å². The van der Waals surface area contributed by atoms with Gasteiger partial charge in [0.1, 0.15) is 23.5 Å². The van der Waals surface area contributed by atoms with Crippen molar-refractivity contribution in [3.05, 3.63) is 23.5 Å². The number of alkyl halides is 1. The van der Waals surface area contributed by atoms with Gasteiger partial charge in [-0.15, -0.1) is 0 Å². The Morgan fingerprint density at radius 1 is 1.53 bits per heavy atom. The fourth-order valence-corrected chi connectivity index (χ4v) is 1.97. The number of halogens is 1. The molecule has 0 radical (unpaired) electrons. The molecule has 0 saturated carbocycles. The quantitative estimate of drug-likeness (QED) is 0.423. The molecule has 106 valence electrons. The summed E-state index contributed by atoms with van der Waals surface area (Å²) in [7, 11) is 0. The van der Waals surface area contributed by atoms with Gasteiger partial charge >= 0.3 is 0 Å². The number of amides is 1. The van der Waals surface area contributed by atoms with Crippen LogP contribution in [-0.4, -0.2) is 29.0 Å². The van der Waals surface area contributed by atoms with Crippen LogP contribution in [0.4, 0.5) is 4.39 Å². The molecule has 1 amide bonds. The number of carbonyl (C=O) groups excluding carboxylic acids is 2. The Hall–Kier alpha value is -1.65. The van der Waals surface area contributed by atoms with Crippen molar-refractivity contribution in [2.75, 3.05) is 0 Å². The first-order valence-electron chi connectivity index (χ1n) is 6.54. The van der Waals surface area contributed by atoms with E-state index >= 15 is 0 Å². The third kappa shape index (κ3) is 3.91. The van der Waals surface area contributed by atoms with Crippen molar-refractivity contribution in [1.29, 1.82) is 0 Å². The van der Waals surface area contributed by atoms with Crippen molar-refractivity contribution in [3.63, 3.8) is 0 Å². The highest BCUT2D eigenvalue weighted by molar-refractivity contribution is 6.20. The summed E-state index contributed by atoms with van der Waals surface area (Å²) in [5.74, 6) is -1.77. The first-order valence-corrected chi connectivity index (χ1v) is 6.54. The van der Waals surface area contributed by atoms with Gasteiger partial charge in [-0.2, -0.15) is 0 Å². The lowest BCUT2D eigenvalue weighted by molar-refractivity contribution is -0.121. The highest BCUT2D eigenvalue weighted by Gasteiger charge is 2.38. The van der Waals surface area contributed by atoms with Gasteiger partial charge in [-0.1, -0.05) is 31.9 Å². The SMILES string of the molecule is CCCCCC=CC(F)C1NC(=O)C(C(C)=O)=C1O. The number of Topliss-reactive ketones (excluding diaryl/α,β-unsaturated/α-hetero) is 1. The van der Waals surface area contributed by atoms with E-state index in [-0.39, 0.29) is 5.57 Å². The lowest BCUT2D eigenvalue weighted by Crippen LogP contribution is -2.36. The Morgan fingerprint density at radius 2 is 2.21 bits per heavy atom. The Kier molecular flexibility index (Phi) is 5.73. The summed E-state index contributed by atoms with van der Waals surface area (Å²) >= 11 is 0. The number of aliphatic hydroxyl groups excluding tert-OH is 1. The van der Waals surface area contributed by atoms with E-state index in [0.717, 1.165) is 25.7 Å². The zero-order chi connectivity index (χ0) is 14.4. The van der Waals surface area contributed by atoms with Gasteiger partial charge in [0.15, 0.2) is 5.78 Å². The molecule has 0 aromatic carbocycles. The maximum absolute atomic E-state index is 13.9. The molecule has 1 heterocycles. The van der Waals surface area contributed by atoms with Gasteiger partial charge in [0, 0.05) is 0 Å². The van der Waals surface area contributed by atoms with Crippen LogP contribution in [0.5, 0.6) is 0 Å². The van der Waals surface area contributed by atoms with Gasteiger partial charge in [-0.25, -0.2) is 4.39 Å². The fraction of sp³-hybridized carbons (Fsp3) is 0.571. The molecule has 1 aliphatic rings. The fourth-order valence-electron chi connectivity index (χ4n) is 1.97. The predicted molar refractivity (Wildman–Crippen MR) is 70.4 cm³/mol. The first kappa shape index (κ1) is 15.4. The summed E-state index contributed by atoms with van der Waals surface area (Å²) in [6, 6.07) is -1.14. The number of hydrogen-bond acceptors (Lipinski definition) is 3. The van der Waals surface area contributed by atoms with Gasteiger partial charge in [-0.05, 0) is 19.8 Å². The van der Waals surface area contributed by atoms with Crippen LogP contribution in [0.3, 0.4) is 0 Å². The van der Waals surface area contributed by atoms with Gasteiger partial charge < -0.3 is 10.4 Å². The number of carbonyl (C=O) groups is 2. The normalized spacial score (nSPS) is 21.0. The van der Waals surface area contributed by atoms with Gasteiger partial charge in [0.25, 0.3) is 5.91 Å². The summed E-state index contributed by atoms with van der Waals surface area (Å²) in [5, 5.41) is 12.0. The molecule has 2 atom stereocenters. The van der Waals surface area contributed by atoms with Crippen molar-refractivity contribution in [2.45, 2.75) is 51.7 Å². The number of unbranched alkanes of at least 4 members (excludes halogenated alkanes) is 3. The molecular weight excluding hydrogens is 249 g/mol. The molecule has 1 rings (SSSR count). The molecular formula is C14H20FNO3. The Bertz CT molecular complexity index is 415. The minimum atomic E-state index is -1.53. The molecule has 0 bridgehead atoms. The largest absolute Gasteiger partial charge is 0.509 e. The van der Waals surface area contributed by atoms with E-state index in [1.165, 1.54) is 13.0 Å². The van der Waals surface area contributed by atoms with Crippen molar-refractivity contribution < 1.29 is 19.1 Å². The summed E-state index contributed by atoms with van der Waals surface area (Å²) < 4.78 is 13.9. The number of rotatable bonds is 7. The predicted octanol–water partition coefficient (Wildman–Crippen LogP) is 2.36. The van der Waals surface area contributed by atoms with E-state index in [2.05, 4.69) is 12.2 Å². The highest BCUT2D eigenvalue weighted by atomic mass is 19.1. The molecule has 2 unspecified atom stereocenters. The monoisotopic (exact) mass is 269 g/mol. The van der Waals surface area contributed by atoms with E-state index in [4.69, 9.17) is 0 Å². The number of nitrogens with one attached hydrogen (secondary N) is 1. The highest BCUT2D eigenvalue weighted by Crippen LogP contribution is 2.21. The third-order valence-electron chi connectivity index (χ3n) is 3.03. The van der Waals surface area contributed by atoms with Crippen LogP contribution in [0.15, 0.2) is 23.5 Å². The molecule has 5 heteroatoms. The lowest BCUT2D eigenvalue weighted by Gasteiger charge is -2.12. The molecule has 4 nitrogen and oxygen atoms in total. The smallest absolute Gasteiger partial charge is 0.259 e. The summed E-state index contributed by atoms with van der Waals surface area (Å²) in [4.78, 5) is 22.6. The number of aliphatic hydroxyl groups is 1. The summed E-state index contributed by atoms with van der Waals surface area (Å²) in [5.41, 5.74) is -0.341. The van der Waals surface area contributed by atoms with Gasteiger partial charge in [0.2, 0.25) is 0 Å². The summed E-state index contributed by atoms with van der Waals surface area (Å²) in [6.45, 7) is 3.25. The van der Waals surface area contributed by atoms with E-state index in [1.54, 1.807) is 6.08 Å². The number of hydrogen-bond donors (Lipinski definition) is 2. The molecule has 1 aliphatic heterocycles. The third-order valence-corrected chi connectivity index (χ3v) is 3.03. The number of allylic oxidation sites excluding steroid dienone is 1. The van der Waals surface area contributed by atoms with E-state index < -0.39 is 29.7 Å². The second-order valence-corrected chi connectivity index (χ2v) is 4.64. The van der Waals surface area contributed by atoms with Crippen LogP contribution < -0.4 is 5.32 Å². The minimum absolute atomic E-state index is 0.341. The van der Waals surface area contributed by atoms with Gasteiger partial charge in [0.05, 0.1) is 0 Å². The molecule has 0 aromatic heterocycles. The topological polar surface area (TPSA) is 66.4 Å². The van der Waals surface area contributed by atoms with E-state index in [1.807, 2.05) is 0 Å². The van der Waals surface area contributed by atoms with Gasteiger partial charge in [-0.3, -0.25) is 9.59 Å². The van der Waals surface area contributed by atoms with Crippen molar-refractivity contribution >= 4 is 11.7 Å². The average molecular weight is 269 g/mol. The maximum Gasteiger partial charge on any atom is 0.259 e. The zero-order valence-corrected chi connectivity index (χ0v) is 11.3. The van der Waals surface area contributed by atoms with Crippen LogP contribution in [-0.2, 0) is 9.59 Å². The first-order chi connectivity index (χ1) is 8.99. The second-order valence-electron chi connectivity index (χ2n) is 4.64. The van der Waals surface area contributed by atoms with Crippen LogP contribution >= 0.6 is 0 Å². The van der Waals surface area contributed by atoms with Crippen molar-refractivity contribution in [3.8, 4) is 0 Å². The number of ketones is 1. The molecule has 0 fully saturated rings. The molecule has 2 N–H and O–H groups in total. The Labute approximate surface area is 112 Å². The van der Waals surface area contributed by atoms with Crippen LogP contribution in [0, 0.1) is 0 Å².